The first-order chi connectivity index (χ1) is 7.93. The van der Waals surface area contributed by atoms with E-state index >= 15 is 0 Å². The number of aryl methyl sites for hydroxylation is 1. The van der Waals surface area contributed by atoms with Crippen LogP contribution in [0.3, 0.4) is 0 Å². The summed E-state index contributed by atoms with van der Waals surface area (Å²) in [6.45, 7) is 1.90. The molecule has 1 aromatic rings. The Morgan fingerprint density at radius 3 is 2.75 bits per heavy atom. The van der Waals surface area contributed by atoms with Crippen LogP contribution in [-0.2, 0) is 11.2 Å². The van der Waals surface area contributed by atoms with E-state index in [9.17, 15) is 0 Å². The van der Waals surface area contributed by atoms with Gasteiger partial charge in [-0.3, -0.25) is 0 Å². The van der Waals surface area contributed by atoms with Crippen LogP contribution in [0.2, 0.25) is 0 Å². The molecule has 2 aliphatic rings. The highest BCUT2D eigenvalue weighted by atomic mass is 16.5. The van der Waals surface area contributed by atoms with Crippen LogP contribution in [0.4, 0.5) is 5.69 Å². The molecule has 3 rings (SSSR count). The minimum absolute atomic E-state index is 0.666. The van der Waals surface area contributed by atoms with E-state index in [1.54, 1.807) is 0 Å². The quantitative estimate of drug-likeness (QED) is 0.781. The van der Waals surface area contributed by atoms with Crippen LogP contribution in [0.5, 0.6) is 0 Å². The zero-order chi connectivity index (χ0) is 10.8. The third-order valence-electron chi connectivity index (χ3n) is 3.92. The molecule has 1 saturated heterocycles. The number of hydrogen-bond donors (Lipinski definition) is 1. The highest BCUT2D eigenvalue weighted by molar-refractivity contribution is 5.53. The molecule has 0 aliphatic carbocycles. The fraction of sp³-hybridized carbons (Fsp3) is 0.571. The van der Waals surface area contributed by atoms with Crippen molar-refractivity contribution < 1.29 is 4.74 Å². The highest BCUT2D eigenvalue weighted by Gasteiger charge is 2.26. The van der Waals surface area contributed by atoms with Gasteiger partial charge in [0.1, 0.15) is 0 Å². The average Bonchev–Trinajstić information content (AvgIpc) is 2.39. The maximum Gasteiger partial charge on any atom is 0.0469 e. The molecule has 0 saturated carbocycles. The van der Waals surface area contributed by atoms with Crippen molar-refractivity contribution in [1.82, 2.24) is 0 Å². The second kappa shape index (κ2) is 4.46. The Kier molecular flexibility index (Phi) is 2.83. The molecule has 86 valence electrons. The Bertz CT molecular complexity index is 358. The smallest absolute Gasteiger partial charge is 0.0469 e. The lowest BCUT2D eigenvalue weighted by Gasteiger charge is -2.35. The predicted octanol–water partition coefficient (Wildman–Crippen LogP) is 2.84. The second-order valence-corrected chi connectivity index (χ2v) is 4.90. The largest absolute Gasteiger partial charge is 0.382 e. The third-order valence-corrected chi connectivity index (χ3v) is 3.92. The van der Waals surface area contributed by atoms with Gasteiger partial charge in [0.2, 0.25) is 0 Å². The number of rotatable bonds is 1. The summed E-state index contributed by atoms with van der Waals surface area (Å²) >= 11 is 0. The number of fused-ring (bicyclic) bond motifs is 1. The number of ether oxygens (including phenoxy) is 1. The Balaban J connectivity index is 1.72. The molecule has 0 amide bonds. The van der Waals surface area contributed by atoms with Gasteiger partial charge in [0.25, 0.3) is 0 Å². The molecular weight excluding hydrogens is 198 g/mol. The molecule has 1 aromatic carbocycles. The predicted molar refractivity (Wildman–Crippen MR) is 65.7 cm³/mol. The van der Waals surface area contributed by atoms with Crippen LogP contribution < -0.4 is 5.32 Å². The average molecular weight is 217 g/mol. The van der Waals surface area contributed by atoms with Gasteiger partial charge in [0.15, 0.2) is 0 Å². The third kappa shape index (κ3) is 1.94. The van der Waals surface area contributed by atoms with E-state index in [1.165, 1.54) is 36.9 Å². The summed E-state index contributed by atoms with van der Waals surface area (Å²) in [5.74, 6) is 0.808. The molecule has 1 fully saturated rings. The van der Waals surface area contributed by atoms with Crippen molar-refractivity contribution in [3.05, 3.63) is 29.8 Å². The lowest BCUT2D eigenvalue weighted by Crippen LogP contribution is -2.36. The van der Waals surface area contributed by atoms with Crippen LogP contribution in [0.15, 0.2) is 24.3 Å². The molecule has 0 bridgehead atoms. The molecule has 1 unspecified atom stereocenters. The van der Waals surface area contributed by atoms with Crippen molar-refractivity contribution in [3.8, 4) is 0 Å². The number of hydrogen-bond acceptors (Lipinski definition) is 2. The SMILES string of the molecule is c1ccc2c(c1)CCC(C1CCOCC1)N2. The van der Waals surface area contributed by atoms with Crippen LogP contribution in [0, 0.1) is 5.92 Å². The fourth-order valence-corrected chi connectivity index (χ4v) is 2.93. The van der Waals surface area contributed by atoms with Gasteiger partial charge in [0.05, 0.1) is 0 Å². The molecule has 1 atom stereocenters. The van der Waals surface area contributed by atoms with Crippen LogP contribution >= 0.6 is 0 Å². The van der Waals surface area contributed by atoms with Gasteiger partial charge in [-0.1, -0.05) is 18.2 Å². The normalized spacial score (nSPS) is 25.9. The van der Waals surface area contributed by atoms with Crippen molar-refractivity contribution in [2.24, 2.45) is 5.92 Å². The highest BCUT2D eigenvalue weighted by Crippen LogP contribution is 2.31. The molecule has 2 heterocycles. The van der Waals surface area contributed by atoms with Crippen LogP contribution in [-0.4, -0.2) is 19.3 Å². The van der Waals surface area contributed by atoms with Gasteiger partial charge in [-0.25, -0.2) is 0 Å². The van der Waals surface area contributed by atoms with Gasteiger partial charge in [-0.15, -0.1) is 0 Å². The molecule has 2 nitrogen and oxygen atoms in total. The Hall–Kier alpha value is -1.02. The van der Waals surface area contributed by atoms with E-state index < -0.39 is 0 Å². The molecule has 0 aromatic heterocycles. The minimum Gasteiger partial charge on any atom is -0.382 e. The van der Waals surface area contributed by atoms with E-state index in [0.29, 0.717) is 6.04 Å². The van der Waals surface area contributed by atoms with Crippen molar-refractivity contribution in [3.63, 3.8) is 0 Å². The summed E-state index contributed by atoms with van der Waals surface area (Å²) in [5, 5.41) is 3.71. The lowest BCUT2D eigenvalue weighted by atomic mass is 9.85. The summed E-state index contributed by atoms with van der Waals surface area (Å²) in [6, 6.07) is 9.37. The van der Waals surface area contributed by atoms with Crippen molar-refractivity contribution in [2.75, 3.05) is 18.5 Å². The monoisotopic (exact) mass is 217 g/mol. The zero-order valence-corrected chi connectivity index (χ0v) is 9.61. The molecule has 2 heteroatoms. The Morgan fingerprint density at radius 1 is 1.06 bits per heavy atom. The fourth-order valence-electron chi connectivity index (χ4n) is 2.93. The minimum atomic E-state index is 0.666. The van der Waals surface area contributed by atoms with Gasteiger partial charge < -0.3 is 10.1 Å². The van der Waals surface area contributed by atoms with E-state index in [2.05, 4.69) is 29.6 Å². The molecule has 0 spiro atoms. The summed E-state index contributed by atoms with van der Waals surface area (Å²) in [6.07, 6.45) is 4.95. The molecule has 2 aliphatic heterocycles. The van der Waals surface area contributed by atoms with Gasteiger partial charge in [0, 0.05) is 24.9 Å². The van der Waals surface area contributed by atoms with Gasteiger partial charge in [-0.05, 0) is 43.2 Å². The number of benzene rings is 1. The molecular formula is C14H19NO. The number of nitrogens with one attached hydrogen (secondary N) is 1. The molecule has 0 radical (unpaired) electrons. The van der Waals surface area contributed by atoms with Gasteiger partial charge >= 0.3 is 0 Å². The van der Waals surface area contributed by atoms with E-state index in [-0.39, 0.29) is 0 Å². The first-order valence-corrected chi connectivity index (χ1v) is 6.36. The topological polar surface area (TPSA) is 21.3 Å². The van der Waals surface area contributed by atoms with Crippen LogP contribution in [0.1, 0.15) is 24.8 Å². The first kappa shape index (κ1) is 10.2. The number of para-hydroxylation sites is 1. The van der Waals surface area contributed by atoms with Crippen molar-refractivity contribution in [1.29, 1.82) is 0 Å². The van der Waals surface area contributed by atoms with Crippen molar-refractivity contribution in [2.45, 2.75) is 31.7 Å². The maximum atomic E-state index is 5.43. The van der Waals surface area contributed by atoms with E-state index in [1.807, 2.05) is 0 Å². The summed E-state index contributed by atoms with van der Waals surface area (Å²) in [4.78, 5) is 0. The summed E-state index contributed by atoms with van der Waals surface area (Å²) in [7, 11) is 0. The molecule has 1 N–H and O–H groups in total. The number of anilines is 1. The van der Waals surface area contributed by atoms with Crippen molar-refractivity contribution >= 4 is 5.69 Å². The zero-order valence-electron chi connectivity index (χ0n) is 9.61. The first-order valence-electron chi connectivity index (χ1n) is 6.36. The standard InChI is InChI=1S/C14H19NO/c1-2-4-13-11(3-1)5-6-14(15-13)12-7-9-16-10-8-12/h1-4,12,14-15H,5-10H2. The maximum absolute atomic E-state index is 5.43. The molecule has 16 heavy (non-hydrogen) atoms. The summed E-state index contributed by atoms with van der Waals surface area (Å²) < 4.78 is 5.43. The van der Waals surface area contributed by atoms with Gasteiger partial charge in [-0.2, -0.15) is 0 Å². The summed E-state index contributed by atoms with van der Waals surface area (Å²) in [5.41, 5.74) is 2.83. The van der Waals surface area contributed by atoms with E-state index in [0.717, 1.165) is 19.1 Å². The lowest BCUT2D eigenvalue weighted by molar-refractivity contribution is 0.0594. The van der Waals surface area contributed by atoms with E-state index in [4.69, 9.17) is 4.74 Å². The Morgan fingerprint density at radius 2 is 1.88 bits per heavy atom. The second-order valence-electron chi connectivity index (χ2n) is 4.90. The Labute approximate surface area is 97.0 Å². The van der Waals surface area contributed by atoms with Crippen LogP contribution in [0.25, 0.3) is 0 Å².